The van der Waals surface area contributed by atoms with E-state index in [4.69, 9.17) is 11.6 Å². The first-order chi connectivity index (χ1) is 8.49. The number of halogens is 1. The molecule has 0 saturated heterocycles. The number of nitrogens with one attached hydrogen (secondary N) is 1. The Morgan fingerprint density at radius 2 is 2.11 bits per heavy atom. The molecule has 0 fully saturated rings. The van der Waals surface area contributed by atoms with Gasteiger partial charge in [0, 0.05) is 19.0 Å². The van der Waals surface area contributed by atoms with Crippen molar-refractivity contribution >= 4 is 11.6 Å². The monoisotopic (exact) mass is 272 g/mol. The smallest absolute Gasteiger partial charge is 0.0847 e. The Labute approximate surface area is 115 Å². The first-order valence-corrected chi connectivity index (χ1v) is 6.91. The Hall–Kier alpha value is -0.580. The summed E-state index contributed by atoms with van der Waals surface area (Å²) in [4.78, 5) is 2.20. The van der Waals surface area contributed by atoms with Crippen LogP contribution in [0.2, 0.25) is 5.02 Å². The van der Waals surface area contributed by atoms with Crippen LogP contribution >= 0.6 is 11.6 Å². The van der Waals surface area contributed by atoms with E-state index < -0.39 is 0 Å². The van der Waals surface area contributed by atoms with Crippen molar-refractivity contribution in [3.8, 4) is 0 Å². The van der Waals surface area contributed by atoms with Crippen molar-refractivity contribution < 1.29 is 0 Å². The van der Waals surface area contributed by atoms with E-state index >= 15 is 0 Å². The van der Waals surface area contributed by atoms with E-state index in [2.05, 4.69) is 36.3 Å². The van der Waals surface area contributed by atoms with Crippen LogP contribution in [0.15, 0.2) is 0 Å². The molecule has 1 unspecified atom stereocenters. The Bertz CT molecular complexity index is 373. The first kappa shape index (κ1) is 15.5. The van der Waals surface area contributed by atoms with Gasteiger partial charge in [-0.15, -0.1) is 0 Å². The lowest BCUT2D eigenvalue weighted by Crippen LogP contribution is -2.32. The maximum Gasteiger partial charge on any atom is 0.0847 e. The lowest BCUT2D eigenvalue weighted by Gasteiger charge is -2.19. The minimum atomic E-state index is 0.436. The van der Waals surface area contributed by atoms with Crippen molar-refractivity contribution in [3.05, 3.63) is 16.4 Å². The average Bonchev–Trinajstić information content (AvgIpc) is 2.61. The van der Waals surface area contributed by atoms with Crippen LogP contribution in [-0.2, 0) is 13.0 Å². The van der Waals surface area contributed by atoms with Crippen molar-refractivity contribution in [1.82, 2.24) is 20.0 Å². The molecule has 1 rings (SSSR count). The van der Waals surface area contributed by atoms with Crippen LogP contribution in [0, 0.1) is 6.92 Å². The third-order valence-electron chi connectivity index (χ3n) is 3.23. The molecule has 5 heteroatoms. The summed E-state index contributed by atoms with van der Waals surface area (Å²) in [5.41, 5.74) is 2.07. The Morgan fingerprint density at radius 3 is 2.61 bits per heavy atom. The topological polar surface area (TPSA) is 33.1 Å². The predicted molar refractivity (Wildman–Crippen MR) is 77.4 cm³/mol. The van der Waals surface area contributed by atoms with Crippen LogP contribution in [0.5, 0.6) is 0 Å². The van der Waals surface area contributed by atoms with Crippen LogP contribution < -0.4 is 5.32 Å². The van der Waals surface area contributed by atoms with Crippen molar-refractivity contribution in [2.24, 2.45) is 0 Å². The lowest BCUT2D eigenvalue weighted by molar-refractivity contribution is 0.361. The van der Waals surface area contributed by atoms with E-state index in [-0.39, 0.29) is 0 Å². The molecule has 1 heterocycles. The fourth-order valence-corrected chi connectivity index (χ4v) is 2.27. The van der Waals surface area contributed by atoms with Gasteiger partial charge in [0.25, 0.3) is 0 Å². The first-order valence-electron chi connectivity index (χ1n) is 6.53. The normalized spacial score (nSPS) is 13.3. The summed E-state index contributed by atoms with van der Waals surface area (Å²) in [5, 5.41) is 8.65. The zero-order valence-electron chi connectivity index (χ0n) is 12.1. The van der Waals surface area contributed by atoms with Gasteiger partial charge >= 0.3 is 0 Å². The second-order valence-electron chi connectivity index (χ2n) is 4.94. The van der Waals surface area contributed by atoms with Crippen molar-refractivity contribution in [2.75, 3.05) is 27.7 Å². The molecule has 0 aliphatic carbocycles. The van der Waals surface area contributed by atoms with Crippen molar-refractivity contribution in [1.29, 1.82) is 0 Å². The summed E-state index contributed by atoms with van der Waals surface area (Å²) < 4.78 is 2.01. The molecular weight excluding hydrogens is 248 g/mol. The summed E-state index contributed by atoms with van der Waals surface area (Å²) in [6.07, 6.45) is 2.03. The lowest BCUT2D eigenvalue weighted by atomic mass is 10.1. The predicted octanol–water partition coefficient (Wildman–Crippen LogP) is 1.95. The molecule has 1 N–H and O–H groups in total. The van der Waals surface area contributed by atoms with Gasteiger partial charge < -0.3 is 10.2 Å². The van der Waals surface area contributed by atoms with E-state index in [1.165, 1.54) is 0 Å². The molecule has 0 aliphatic rings. The highest BCUT2D eigenvalue weighted by molar-refractivity contribution is 6.31. The number of aryl methyl sites for hydroxylation is 2. The molecule has 1 atom stereocenters. The molecule has 0 amide bonds. The molecule has 0 saturated carbocycles. The Balaban J connectivity index is 2.74. The summed E-state index contributed by atoms with van der Waals surface area (Å²) in [5.74, 6) is 0. The molecule has 0 aliphatic heterocycles. The van der Waals surface area contributed by atoms with E-state index in [9.17, 15) is 0 Å². The molecule has 1 aromatic heterocycles. The number of hydrogen-bond acceptors (Lipinski definition) is 3. The van der Waals surface area contributed by atoms with Gasteiger partial charge in [0.2, 0.25) is 0 Å². The molecule has 104 valence electrons. The fourth-order valence-electron chi connectivity index (χ4n) is 2.06. The molecule has 1 aromatic rings. The van der Waals surface area contributed by atoms with Crippen LogP contribution in [-0.4, -0.2) is 48.4 Å². The Morgan fingerprint density at radius 1 is 1.44 bits per heavy atom. The minimum absolute atomic E-state index is 0.436. The summed E-state index contributed by atoms with van der Waals surface area (Å²) in [7, 11) is 6.20. The molecule has 18 heavy (non-hydrogen) atoms. The third-order valence-corrected chi connectivity index (χ3v) is 3.72. The highest BCUT2D eigenvalue weighted by Crippen LogP contribution is 2.22. The standard InChI is InChI=1S/C13H25ClN4/c1-6-18-12(13(14)10(2)16-18)9-11(15-3)7-8-17(4)5/h11,15H,6-9H2,1-5H3. The number of rotatable bonds is 7. The second-order valence-corrected chi connectivity index (χ2v) is 5.32. The van der Waals surface area contributed by atoms with Gasteiger partial charge in [-0.2, -0.15) is 5.10 Å². The van der Waals surface area contributed by atoms with Crippen molar-refractivity contribution in [2.45, 2.75) is 39.3 Å². The van der Waals surface area contributed by atoms with Gasteiger partial charge in [-0.25, -0.2) is 0 Å². The van der Waals surface area contributed by atoms with Gasteiger partial charge in [0.15, 0.2) is 0 Å². The SMILES string of the molecule is CCn1nc(C)c(Cl)c1CC(CCN(C)C)NC. The number of nitrogens with zero attached hydrogens (tertiary/aromatic N) is 3. The van der Waals surface area contributed by atoms with Gasteiger partial charge in [0.1, 0.15) is 0 Å². The quantitative estimate of drug-likeness (QED) is 0.824. The largest absolute Gasteiger partial charge is 0.317 e. The average molecular weight is 273 g/mol. The summed E-state index contributed by atoms with van der Waals surface area (Å²) >= 11 is 6.33. The third kappa shape index (κ3) is 3.97. The maximum absolute atomic E-state index is 6.33. The number of hydrogen-bond donors (Lipinski definition) is 1. The molecule has 4 nitrogen and oxygen atoms in total. The van der Waals surface area contributed by atoms with E-state index in [1.807, 2.05) is 18.7 Å². The molecule has 0 radical (unpaired) electrons. The van der Waals surface area contributed by atoms with Crippen LogP contribution in [0.4, 0.5) is 0 Å². The van der Waals surface area contributed by atoms with Gasteiger partial charge in [-0.1, -0.05) is 11.6 Å². The molecule has 0 spiro atoms. The molecule has 0 aromatic carbocycles. The van der Waals surface area contributed by atoms with Gasteiger partial charge in [0.05, 0.1) is 16.4 Å². The summed E-state index contributed by atoms with van der Waals surface area (Å²) in [6, 6.07) is 0.436. The maximum atomic E-state index is 6.33. The molecular formula is C13H25ClN4. The Kier molecular flexibility index (Phi) is 6.12. The van der Waals surface area contributed by atoms with Crippen LogP contribution in [0.3, 0.4) is 0 Å². The van der Waals surface area contributed by atoms with Crippen LogP contribution in [0.1, 0.15) is 24.7 Å². The van der Waals surface area contributed by atoms with E-state index in [1.54, 1.807) is 0 Å². The van der Waals surface area contributed by atoms with Gasteiger partial charge in [-0.3, -0.25) is 4.68 Å². The second kappa shape index (κ2) is 7.12. The zero-order chi connectivity index (χ0) is 13.7. The minimum Gasteiger partial charge on any atom is -0.317 e. The van der Waals surface area contributed by atoms with Crippen molar-refractivity contribution in [3.63, 3.8) is 0 Å². The van der Waals surface area contributed by atoms with Gasteiger partial charge in [-0.05, 0) is 48.0 Å². The zero-order valence-corrected chi connectivity index (χ0v) is 12.9. The highest BCUT2D eigenvalue weighted by atomic mass is 35.5. The van der Waals surface area contributed by atoms with E-state index in [0.717, 1.165) is 42.3 Å². The fraction of sp³-hybridized carbons (Fsp3) is 0.769. The number of likely N-dealkylation sites (N-methyl/N-ethyl adjacent to an activating group) is 1. The van der Waals surface area contributed by atoms with E-state index in [0.29, 0.717) is 6.04 Å². The number of aromatic nitrogens is 2. The van der Waals surface area contributed by atoms with Crippen LogP contribution in [0.25, 0.3) is 0 Å². The summed E-state index contributed by atoms with van der Waals surface area (Å²) in [6.45, 7) is 6.00. The highest BCUT2D eigenvalue weighted by Gasteiger charge is 2.16. The molecule has 0 bridgehead atoms.